The van der Waals surface area contributed by atoms with Gasteiger partial charge in [0.2, 0.25) is 5.91 Å². The van der Waals surface area contributed by atoms with Crippen LogP contribution in [0.2, 0.25) is 0 Å². The maximum atomic E-state index is 13.2. The molecule has 0 bridgehead atoms. The zero-order valence-corrected chi connectivity index (χ0v) is 19.1. The molecular weight excluding hydrogens is 434 g/mol. The molecule has 2 N–H and O–H groups in total. The van der Waals surface area contributed by atoms with E-state index >= 15 is 0 Å². The Morgan fingerprint density at radius 1 is 1.03 bits per heavy atom. The van der Waals surface area contributed by atoms with Crippen molar-refractivity contribution in [2.75, 3.05) is 33.3 Å². The first-order valence-corrected chi connectivity index (χ1v) is 11.8. The highest BCUT2D eigenvalue weighted by atomic mass is 16.5. The smallest absolute Gasteiger partial charge is 0.407 e. The molecule has 1 saturated heterocycles. The fourth-order valence-electron chi connectivity index (χ4n) is 5.12. The minimum atomic E-state index is -0.951. The number of alkyl carbamates (subject to hydrolysis) is 1. The third-order valence-corrected chi connectivity index (χ3v) is 7.22. The van der Waals surface area contributed by atoms with Crippen LogP contribution in [-0.4, -0.2) is 78.2 Å². The number of hydrogen-bond donors (Lipinski definition) is 2. The number of ether oxygens (including phenoxy) is 1. The van der Waals surface area contributed by atoms with Gasteiger partial charge in [0.15, 0.2) is 0 Å². The Bertz CT molecular complexity index is 1070. The van der Waals surface area contributed by atoms with E-state index in [1.807, 2.05) is 24.3 Å². The van der Waals surface area contributed by atoms with Crippen LogP contribution in [0.25, 0.3) is 11.1 Å². The summed E-state index contributed by atoms with van der Waals surface area (Å²) in [4.78, 5) is 40.8. The molecule has 5 rings (SSSR count). The number of nitrogens with zero attached hydrogens (tertiary/aromatic N) is 2. The highest BCUT2D eigenvalue weighted by Gasteiger charge is 2.42. The van der Waals surface area contributed by atoms with Gasteiger partial charge in [-0.3, -0.25) is 14.5 Å². The van der Waals surface area contributed by atoms with Crippen LogP contribution in [0.1, 0.15) is 29.9 Å². The van der Waals surface area contributed by atoms with Crippen molar-refractivity contribution in [2.24, 2.45) is 5.92 Å². The van der Waals surface area contributed by atoms with Gasteiger partial charge in [0.25, 0.3) is 0 Å². The van der Waals surface area contributed by atoms with E-state index < -0.39 is 24.1 Å². The minimum absolute atomic E-state index is 0.0535. The molecule has 2 unspecified atom stereocenters. The molecule has 0 aromatic heterocycles. The van der Waals surface area contributed by atoms with Crippen LogP contribution >= 0.6 is 0 Å². The number of nitrogens with one attached hydrogen (secondary N) is 1. The van der Waals surface area contributed by atoms with Crippen molar-refractivity contribution in [3.05, 3.63) is 59.7 Å². The normalized spacial score (nSPS) is 20.9. The van der Waals surface area contributed by atoms with E-state index in [1.54, 1.807) is 16.8 Å². The molecule has 2 atom stereocenters. The Morgan fingerprint density at radius 2 is 1.65 bits per heavy atom. The molecular formula is C26H29N3O5. The Hall–Kier alpha value is -3.39. The summed E-state index contributed by atoms with van der Waals surface area (Å²) in [7, 11) is 1.74. The number of carboxylic acids is 1. The molecule has 34 heavy (non-hydrogen) atoms. The molecule has 1 aliphatic heterocycles. The lowest BCUT2D eigenvalue weighted by Gasteiger charge is -2.38. The van der Waals surface area contributed by atoms with Crippen LogP contribution in [0.15, 0.2) is 48.5 Å². The number of benzene rings is 2. The van der Waals surface area contributed by atoms with Gasteiger partial charge in [0.05, 0.1) is 0 Å². The lowest BCUT2D eigenvalue weighted by molar-refractivity contribution is -0.148. The van der Waals surface area contributed by atoms with Crippen molar-refractivity contribution < 1.29 is 24.2 Å². The molecule has 3 aliphatic rings. The number of aliphatic carboxylic acids is 1. The Balaban J connectivity index is 1.24. The van der Waals surface area contributed by atoms with Gasteiger partial charge in [-0.1, -0.05) is 48.5 Å². The zero-order chi connectivity index (χ0) is 23.8. The van der Waals surface area contributed by atoms with E-state index in [0.717, 1.165) is 35.1 Å². The number of likely N-dealkylation sites (N-methyl/N-ethyl adjacent to an activating group) is 1. The number of carbonyl (C=O) groups is 3. The monoisotopic (exact) mass is 463 g/mol. The number of hydrogen-bond acceptors (Lipinski definition) is 5. The largest absolute Gasteiger partial charge is 0.480 e. The molecule has 178 valence electrons. The third-order valence-electron chi connectivity index (χ3n) is 7.22. The summed E-state index contributed by atoms with van der Waals surface area (Å²) in [6, 6.07) is 14.8. The van der Waals surface area contributed by atoms with Crippen molar-refractivity contribution in [3.8, 4) is 11.1 Å². The van der Waals surface area contributed by atoms with Gasteiger partial charge in [0.1, 0.15) is 18.7 Å². The number of carbonyl (C=O) groups excluding carboxylic acids is 2. The van der Waals surface area contributed by atoms with Gasteiger partial charge in [-0.15, -0.1) is 0 Å². The highest BCUT2D eigenvalue weighted by molar-refractivity contribution is 5.87. The second-order valence-electron chi connectivity index (χ2n) is 9.40. The van der Waals surface area contributed by atoms with Gasteiger partial charge >= 0.3 is 12.1 Å². The van der Waals surface area contributed by atoms with Crippen LogP contribution in [0.3, 0.4) is 0 Å². The van der Waals surface area contributed by atoms with Crippen molar-refractivity contribution in [3.63, 3.8) is 0 Å². The molecule has 2 amide bonds. The predicted octanol–water partition coefficient (Wildman–Crippen LogP) is 2.53. The summed E-state index contributed by atoms with van der Waals surface area (Å²) >= 11 is 0. The highest BCUT2D eigenvalue weighted by Crippen LogP contribution is 2.44. The van der Waals surface area contributed by atoms with Crippen molar-refractivity contribution in [1.29, 1.82) is 0 Å². The van der Waals surface area contributed by atoms with Gasteiger partial charge in [0, 0.05) is 25.6 Å². The predicted molar refractivity (Wildman–Crippen MR) is 125 cm³/mol. The summed E-state index contributed by atoms with van der Waals surface area (Å²) in [5.41, 5.74) is 4.56. The van der Waals surface area contributed by atoms with Crippen molar-refractivity contribution in [1.82, 2.24) is 15.1 Å². The minimum Gasteiger partial charge on any atom is -0.480 e. The molecule has 8 heteroatoms. The van der Waals surface area contributed by atoms with Crippen molar-refractivity contribution >= 4 is 18.0 Å². The van der Waals surface area contributed by atoms with E-state index in [1.165, 1.54) is 0 Å². The molecule has 1 heterocycles. The van der Waals surface area contributed by atoms with E-state index in [2.05, 4.69) is 29.6 Å². The summed E-state index contributed by atoms with van der Waals surface area (Å²) in [6.07, 6.45) is 1.10. The quantitative estimate of drug-likeness (QED) is 0.683. The number of amides is 2. The lowest BCUT2D eigenvalue weighted by Crippen LogP contribution is -2.60. The average molecular weight is 464 g/mol. The number of carboxylic acid groups (broad SMARTS) is 1. The van der Waals surface area contributed by atoms with Gasteiger partial charge in [-0.25, -0.2) is 4.79 Å². The zero-order valence-electron chi connectivity index (χ0n) is 19.1. The molecule has 2 aliphatic carbocycles. The van der Waals surface area contributed by atoms with Crippen LogP contribution in [0.5, 0.6) is 0 Å². The topological polar surface area (TPSA) is 99.2 Å². The standard InChI is InChI=1S/C26H29N3O5/c1-28-12-13-29(14-22(28)25(31)32)24(30)23(16-10-11-16)27-26(33)34-15-21-19-8-4-2-6-17(19)18-7-3-5-9-20(18)21/h2-9,16,21-23H,10-15H2,1H3,(H,27,33)(H,31,32). The second-order valence-corrected chi connectivity index (χ2v) is 9.40. The van der Waals surface area contributed by atoms with Gasteiger partial charge < -0.3 is 20.1 Å². The van der Waals surface area contributed by atoms with E-state index in [0.29, 0.717) is 13.1 Å². The number of fused-ring (bicyclic) bond motifs is 3. The molecule has 2 aromatic carbocycles. The Morgan fingerprint density at radius 3 is 2.24 bits per heavy atom. The molecule has 8 nitrogen and oxygen atoms in total. The molecule has 2 fully saturated rings. The first kappa shape index (κ1) is 22.4. The SMILES string of the molecule is CN1CCN(C(=O)C(NC(=O)OCC2c3ccccc3-c3ccccc32)C2CC2)CC1C(=O)O. The first-order valence-electron chi connectivity index (χ1n) is 11.8. The average Bonchev–Trinajstić information content (AvgIpc) is 3.63. The molecule has 0 radical (unpaired) electrons. The lowest BCUT2D eigenvalue weighted by atomic mass is 9.98. The third kappa shape index (κ3) is 4.25. The molecule has 0 spiro atoms. The van der Waals surface area contributed by atoms with Crippen molar-refractivity contribution in [2.45, 2.75) is 30.8 Å². The Labute approximate surface area is 198 Å². The second kappa shape index (κ2) is 9.10. The summed E-state index contributed by atoms with van der Waals surface area (Å²) < 4.78 is 5.64. The van der Waals surface area contributed by atoms with Gasteiger partial charge in [-0.2, -0.15) is 0 Å². The maximum absolute atomic E-state index is 13.2. The maximum Gasteiger partial charge on any atom is 0.407 e. The molecule has 1 saturated carbocycles. The number of piperazine rings is 1. The fraction of sp³-hybridized carbons (Fsp3) is 0.423. The van der Waals surface area contributed by atoms with Gasteiger partial charge in [-0.05, 0) is 48.1 Å². The van der Waals surface area contributed by atoms with Crippen LogP contribution in [0, 0.1) is 5.92 Å². The summed E-state index contributed by atoms with van der Waals surface area (Å²) in [6.45, 7) is 1.21. The van der Waals surface area contributed by atoms with Crippen LogP contribution < -0.4 is 5.32 Å². The first-order chi connectivity index (χ1) is 16.4. The van der Waals surface area contributed by atoms with E-state index in [9.17, 15) is 19.5 Å². The van der Waals surface area contributed by atoms with E-state index in [4.69, 9.17) is 4.74 Å². The van der Waals surface area contributed by atoms with Crippen LogP contribution in [-0.2, 0) is 14.3 Å². The summed E-state index contributed by atoms with van der Waals surface area (Å²) in [5.74, 6) is -1.17. The fourth-order valence-corrected chi connectivity index (χ4v) is 5.12. The molecule has 2 aromatic rings. The number of rotatable bonds is 6. The Kier molecular flexibility index (Phi) is 6.00. The summed E-state index contributed by atoms with van der Waals surface area (Å²) in [5, 5.41) is 12.2. The van der Waals surface area contributed by atoms with Crippen LogP contribution in [0.4, 0.5) is 4.79 Å². The van der Waals surface area contributed by atoms with E-state index in [-0.39, 0.29) is 30.9 Å².